The number of benzene rings is 3. The molecule has 30 heavy (non-hydrogen) atoms. The third-order valence-electron chi connectivity index (χ3n) is 4.15. The molecule has 0 atom stereocenters. The monoisotopic (exact) mass is 445 g/mol. The normalized spacial score (nSPS) is 11.4. The van der Waals surface area contributed by atoms with Crippen LogP contribution in [0.2, 0.25) is 5.02 Å². The summed E-state index contributed by atoms with van der Waals surface area (Å²) in [5, 5.41) is 0.368. The van der Waals surface area contributed by atoms with Crippen molar-refractivity contribution in [3.05, 3.63) is 95.3 Å². The number of nitrogens with zero attached hydrogens (tertiary/aromatic N) is 1. The molecule has 0 spiro atoms. The van der Waals surface area contributed by atoms with Crippen LogP contribution in [0.25, 0.3) is 6.08 Å². The zero-order chi connectivity index (χ0) is 21.7. The predicted octanol–water partition coefficient (Wildman–Crippen LogP) is 4.92. The molecule has 0 aromatic heterocycles. The Bertz CT molecular complexity index is 1160. The van der Waals surface area contributed by atoms with E-state index in [4.69, 9.17) is 16.3 Å². The third kappa shape index (κ3) is 4.87. The highest BCUT2D eigenvalue weighted by Gasteiger charge is 2.29. The first kappa shape index (κ1) is 21.5. The molecule has 5 nitrogen and oxygen atoms in total. The van der Waals surface area contributed by atoms with Crippen molar-refractivity contribution in [3.63, 3.8) is 0 Å². The summed E-state index contributed by atoms with van der Waals surface area (Å²) in [6.07, 6.45) is 2.53. The molecule has 0 N–H and O–H groups in total. The van der Waals surface area contributed by atoms with Crippen LogP contribution in [0.1, 0.15) is 5.56 Å². The number of carbonyl (C=O) groups is 1. The minimum Gasteiger partial charge on any atom is -0.497 e. The minimum atomic E-state index is -4.23. The zero-order valence-electron chi connectivity index (χ0n) is 15.8. The van der Waals surface area contributed by atoms with Crippen LogP contribution in [-0.2, 0) is 14.8 Å². The molecule has 3 aromatic carbocycles. The van der Waals surface area contributed by atoms with E-state index in [1.807, 2.05) is 0 Å². The van der Waals surface area contributed by atoms with Gasteiger partial charge in [0.1, 0.15) is 11.6 Å². The van der Waals surface area contributed by atoms with Crippen molar-refractivity contribution in [3.8, 4) is 5.75 Å². The number of carbonyl (C=O) groups excluding carboxylic acids is 1. The summed E-state index contributed by atoms with van der Waals surface area (Å²) in [6.45, 7) is 0. The van der Waals surface area contributed by atoms with Crippen molar-refractivity contribution >= 4 is 39.3 Å². The van der Waals surface area contributed by atoms with Gasteiger partial charge in [0.2, 0.25) is 0 Å². The Morgan fingerprint density at radius 3 is 2.13 bits per heavy atom. The van der Waals surface area contributed by atoms with E-state index in [0.29, 0.717) is 20.6 Å². The smallest absolute Gasteiger partial charge is 0.271 e. The number of hydrogen-bond donors (Lipinski definition) is 0. The fourth-order valence-electron chi connectivity index (χ4n) is 2.62. The Morgan fingerprint density at radius 1 is 0.967 bits per heavy atom. The fraction of sp³-hybridized carbons (Fsp3) is 0.0455. The summed E-state index contributed by atoms with van der Waals surface area (Å²) in [4.78, 5) is 12.9. The van der Waals surface area contributed by atoms with Gasteiger partial charge >= 0.3 is 0 Å². The third-order valence-corrected chi connectivity index (χ3v) is 6.14. The van der Waals surface area contributed by atoms with E-state index < -0.39 is 21.7 Å². The van der Waals surface area contributed by atoms with Crippen LogP contribution in [0.4, 0.5) is 10.1 Å². The second-order valence-corrected chi connectivity index (χ2v) is 8.37. The van der Waals surface area contributed by atoms with Crippen LogP contribution in [0, 0.1) is 5.82 Å². The first-order valence-corrected chi connectivity index (χ1v) is 10.6. The highest BCUT2D eigenvalue weighted by atomic mass is 35.5. The predicted molar refractivity (Wildman–Crippen MR) is 115 cm³/mol. The van der Waals surface area contributed by atoms with Crippen LogP contribution >= 0.6 is 11.6 Å². The number of amides is 1. The Kier molecular flexibility index (Phi) is 6.54. The Hall–Kier alpha value is -3.16. The second-order valence-electron chi connectivity index (χ2n) is 6.14. The van der Waals surface area contributed by atoms with Gasteiger partial charge in [0.15, 0.2) is 0 Å². The highest BCUT2D eigenvalue weighted by Crippen LogP contribution is 2.27. The average molecular weight is 446 g/mol. The number of ether oxygens (including phenoxy) is 1. The first-order valence-electron chi connectivity index (χ1n) is 8.74. The number of halogens is 2. The number of rotatable bonds is 6. The molecule has 0 saturated carbocycles. The summed E-state index contributed by atoms with van der Waals surface area (Å²) in [5.41, 5.74) is 0.683. The average Bonchev–Trinajstić information content (AvgIpc) is 2.74. The van der Waals surface area contributed by atoms with Crippen molar-refractivity contribution < 1.29 is 22.3 Å². The SMILES string of the molecule is COc1ccc(N(C(=O)/C=C/c2ccc(F)cc2)S(=O)(=O)c2ccc(Cl)cc2)cc1. The second kappa shape index (κ2) is 9.11. The van der Waals surface area contributed by atoms with Crippen LogP contribution in [0.15, 0.2) is 83.8 Å². The molecule has 154 valence electrons. The standard InChI is InChI=1S/C22H17ClFNO4S/c1-29-20-11-9-19(10-12-20)25(30(27,28)21-13-5-17(23)6-14-21)22(26)15-4-16-2-7-18(24)8-3-16/h2-15H,1H3/b15-4+. The van der Waals surface area contributed by atoms with Crippen molar-refractivity contribution in [1.82, 2.24) is 0 Å². The molecule has 0 saturated heterocycles. The zero-order valence-corrected chi connectivity index (χ0v) is 17.4. The molecule has 3 aromatic rings. The molecule has 8 heteroatoms. The van der Waals surface area contributed by atoms with Gasteiger partial charge < -0.3 is 4.74 Å². The van der Waals surface area contributed by atoms with E-state index >= 15 is 0 Å². The minimum absolute atomic E-state index is 0.0914. The molecule has 0 aliphatic rings. The summed E-state index contributed by atoms with van der Waals surface area (Å²) in [5.74, 6) is -0.694. The molecule has 0 unspecified atom stereocenters. The number of hydrogen-bond acceptors (Lipinski definition) is 4. The van der Waals surface area contributed by atoms with Crippen LogP contribution in [0.5, 0.6) is 5.75 Å². The van der Waals surface area contributed by atoms with E-state index in [-0.39, 0.29) is 10.6 Å². The van der Waals surface area contributed by atoms with E-state index in [1.165, 1.54) is 73.8 Å². The Morgan fingerprint density at radius 2 is 1.57 bits per heavy atom. The number of methoxy groups -OCH3 is 1. The Balaban J connectivity index is 2.03. The van der Waals surface area contributed by atoms with Gasteiger partial charge in [0, 0.05) is 11.1 Å². The van der Waals surface area contributed by atoms with Crippen molar-refractivity contribution in [2.45, 2.75) is 4.90 Å². The molecule has 3 rings (SSSR count). The van der Waals surface area contributed by atoms with Gasteiger partial charge in [-0.15, -0.1) is 0 Å². The number of anilines is 1. The van der Waals surface area contributed by atoms with Gasteiger partial charge in [-0.25, -0.2) is 12.8 Å². The molecule has 0 fully saturated rings. The quantitative estimate of drug-likeness (QED) is 0.505. The molecule has 0 bridgehead atoms. The van der Waals surface area contributed by atoms with Gasteiger partial charge in [-0.3, -0.25) is 4.79 Å². The molecular formula is C22H17ClFNO4S. The van der Waals surface area contributed by atoms with E-state index in [2.05, 4.69) is 0 Å². The molecule has 0 aliphatic carbocycles. The van der Waals surface area contributed by atoms with Crippen LogP contribution in [0.3, 0.4) is 0 Å². The van der Waals surface area contributed by atoms with E-state index in [9.17, 15) is 17.6 Å². The van der Waals surface area contributed by atoms with E-state index in [0.717, 1.165) is 6.08 Å². The molecule has 0 heterocycles. The lowest BCUT2D eigenvalue weighted by atomic mass is 10.2. The van der Waals surface area contributed by atoms with Gasteiger partial charge in [-0.05, 0) is 72.3 Å². The highest BCUT2D eigenvalue weighted by molar-refractivity contribution is 7.93. The molecule has 0 aliphatic heterocycles. The first-order chi connectivity index (χ1) is 14.3. The van der Waals surface area contributed by atoms with Crippen molar-refractivity contribution in [2.24, 2.45) is 0 Å². The maximum Gasteiger partial charge on any atom is 0.271 e. The largest absolute Gasteiger partial charge is 0.497 e. The van der Waals surface area contributed by atoms with Crippen LogP contribution < -0.4 is 9.04 Å². The lowest BCUT2D eigenvalue weighted by molar-refractivity contribution is -0.113. The Labute approximate surface area is 179 Å². The molecule has 0 radical (unpaired) electrons. The number of sulfonamides is 1. The van der Waals surface area contributed by atoms with Gasteiger partial charge in [-0.2, -0.15) is 4.31 Å². The topological polar surface area (TPSA) is 63.7 Å². The van der Waals surface area contributed by atoms with Crippen molar-refractivity contribution in [1.29, 1.82) is 0 Å². The fourth-order valence-corrected chi connectivity index (χ4v) is 4.14. The summed E-state index contributed by atoms with van der Waals surface area (Å²) in [7, 11) is -2.75. The lowest BCUT2D eigenvalue weighted by Gasteiger charge is -2.21. The summed E-state index contributed by atoms with van der Waals surface area (Å²) in [6, 6.07) is 17.0. The lowest BCUT2D eigenvalue weighted by Crippen LogP contribution is -2.35. The van der Waals surface area contributed by atoms with Gasteiger partial charge in [0.25, 0.3) is 15.9 Å². The maximum absolute atomic E-state index is 13.2. The summed E-state index contributed by atoms with van der Waals surface area (Å²) < 4.78 is 45.3. The summed E-state index contributed by atoms with van der Waals surface area (Å²) >= 11 is 5.86. The van der Waals surface area contributed by atoms with Gasteiger partial charge in [0.05, 0.1) is 17.7 Å². The molecule has 1 amide bonds. The maximum atomic E-state index is 13.2. The van der Waals surface area contributed by atoms with E-state index in [1.54, 1.807) is 12.1 Å². The van der Waals surface area contributed by atoms with Gasteiger partial charge in [-0.1, -0.05) is 23.7 Å². The molecular weight excluding hydrogens is 429 g/mol. The van der Waals surface area contributed by atoms with Crippen LogP contribution in [-0.4, -0.2) is 21.4 Å². The van der Waals surface area contributed by atoms with Crippen molar-refractivity contribution in [2.75, 3.05) is 11.4 Å².